The van der Waals surface area contributed by atoms with Crippen LogP contribution in [-0.4, -0.2) is 97.5 Å². The molecule has 4 aromatic rings. The minimum atomic E-state index is -4.50. The highest BCUT2D eigenvalue weighted by Gasteiger charge is 2.37. The fourth-order valence-corrected chi connectivity index (χ4v) is 8.59. The average Bonchev–Trinajstić information content (AvgIpc) is 3.17. The summed E-state index contributed by atoms with van der Waals surface area (Å²) in [6.07, 6.45) is 2.00. The zero-order chi connectivity index (χ0) is 47.7. The molecule has 0 spiro atoms. The van der Waals surface area contributed by atoms with Crippen molar-refractivity contribution in [3.05, 3.63) is 88.8 Å². The molecule has 348 valence electrons. The van der Waals surface area contributed by atoms with Gasteiger partial charge in [0, 0.05) is 42.8 Å². The Morgan fingerprint density at radius 2 is 1.34 bits per heavy atom. The smallest absolute Gasteiger partial charge is 0.308 e. The van der Waals surface area contributed by atoms with Gasteiger partial charge in [0.1, 0.15) is 17.2 Å². The van der Waals surface area contributed by atoms with Crippen LogP contribution in [0.3, 0.4) is 0 Å². The van der Waals surface area contributed by atoms with Crippen LogP contribution in [0.1, 0.15) is 116 Å². The molecule has 1 aliphatic rings. The molecule has 1 fully saturated rings. The Balaban J connectivity index is 1.57. The second kappa shape index (κ2) is 19.3. The Hall–Kier alpha value is -4.95. The summed E-state index contributed by atoms with van der Waals surface area (Å²) in [5.74, 6) is -4.69. The Kier molecular flexibility index (Phi) is 15.1. The number of rotatable bonds is 15. The number of esters is 1. The second-order valence-electron chi connectivity index (χ2n) is 17.8. The van der Waals surface area contributed by atoms with E-state index in [4.69, 9.17) is 24.2 Å². The molecular formula is C45H58F2N6O9S2. The molecule has 0 bridgehead atoms. The molecule has 0 saturated carbocycles. The standard InChI is InChI=1S/C45H58F2N6O9S2/c1-26(2)38-34(22-21-32-23-33(61-45(8,9)60-32)24-36(55)62-44(5,6)7)40(28-13-17-30(46)18-14-28)50-43(48-38)53(11)64(58,59)25-35(54)37-39(27(3)4)49-42(52(10)63(12,56)57)51-41(37)29-15-19-31(47)20-16-29/h13-22,26-27,32-33,35,54H,23-25H2,1-12H3/b22-21+/t32-,33-,35?/m1/s1. The molecule has 0 aliphatic carbocycles. The van der Waals surface area contributed by atoms with Gasteiger partial charge in [-0.25, -0.2) is 54.2 Å². The normalized spacial score (nSPS) is 17.5. The first-order chi connectivity index (χ1) is 29.5. The summed E-state index contributed by atoms with van der Waals surface area (Å²) in [6, 6.07) is 10.6. The number of aliphatic hydroxyl groups is 1. The number of sulfonamides is 2. The predicted molar refractivity (Wildman–Crippen MR) is 241 cm³/mol. The van der Waals surface area contributed by atoms with Crippen LogP contribution in [0.15, 0.2) is 54.6 Å². The van der Waals surface area contributed by atoms with Gasteiger partial charge in [0.25, 0.3) is 0 Å². The van der Waals surface area contributed by atoms with Crippen LogP contribution >= 0.6 is 0 Å². The van der Waals surface area contributed by atoms with E-state index in [0.29, 0.717) is 23.2 Å². The van der Waals surface area contributed by atoms with E-state index in [2.05, 4.69) is 9.97 Å². The number of benzene rings is 2. The Morgan fingerprint density at radius 1 is 0.844 bits per heavy atom. The summed E-state index contributed by atoms with van der Waals surface area (Å²) in [5, 5.41) is 11.9. The van der Waals surface area contributed by atoms with Crippen molar-refractivity contribution >= 4 is 44.0 Å². The zero-order valence-electron chi connectivity index (χ0n) is 38.3. The van der Waals surface area contributed by atoms with E-state index in [0.717, 1.165) is 27.0 Å². The van der Waals surface area contributed by atoms with Crippen LogP contribution in [0.2, 0.25) is 0 Å². The number of hydrogen-bond donors (Lipinski definition) is 1. The number of aliphatic hydroxyl groups excluding tert-OH is 1. The van der Waals surface area contributed by atoms with Crippen molar-refractivity contribution in [3.8, 4) is 22.5 Å². The molecule has 64 heavy (non-hydrogen) atoms. The summed E-state index contributed by atoms with van der Waals surface area (Å²) in [7, 11) is -5.85. The molecule has 2 aromatic heterocycles. The molecule has 2 aromatic carbocycles. The van der Waals surface area contributed by atoms with E-state index < -0.39 is 79.0 Å². The molecule has 1 unspecified atom stereocenters. The van der Waals surface area contributed by atoms with Gasteiger partial charge in [0.15, 0.2) is 5.79 Å². The van der Waals surface area contributed by atoms with E-state index in [9.17, 15) is 35.5 Å². The number of hydrogen-bond acceptors (Lipinski definition) is 13. The van der Waals surface area contributed by atoms with Gasteiger partial charge in [-0.3, -0.25) is 4.79 Å². The number of aromatic nitrogens is 4. The van der Waals surface area contributed by atoms with Gasteiger partial charge in [-0.15, -0.1) is 0 Å². The van der Waals surface area contributed by atoms with Crippen LogP contribution in [0, 0.1) is 11.6 Å². The van der Waals surface area contributed by atoms with Crippen molar-refractivity contribution in [2.24, 2.45) is 0 Å². The van der Waals surface area contributed by atoms with Crippen LogP contribution in [0.25, 0.3) is 28.6 Å². The Morgan fingerprint density at radius 3 is 1.86 bits per heavy atom. The maximum absolute atomic E-state index is 14.4. The third-order valence-corrected chi connectivity index (χ3v) is 13.0. The third-order valence-electron chi connectivity index (χ3n) is 10.1. The number of nitrogens with zero attached hydrogens (tertiary/aromatic N) is 6. The molecule has 1 saturated heterocycles. The topological polar surface area (TPSA) is 191 Å². The lowest BCUT2D eigenvalue weighted by Gasteiger charge is -2.39. The van der Waals surface area contributed by atoms with Crippen molar-refractivity contribution in [2.75, 3.05) is 34.7 Å². The van der Waals surface area contributed by atoms with Gasteiger partial charge in [-0.05, 0) is 95.0 Å². The van der Waals surface area contributed by atoms with E-state index in [1.165, 1.54) is 50.5 Å². The van der Waals surface area contributed by atoms with E-state index in [-0.39, 0.29) is 52.4 Å². The van der Waals surface area contributed by atoms with E-state index in [1.807, 2.05) is 13.8 Å². The maximum atomic E-state index is 14.4. The van der Waals surface area contributed by atoms with Gasteiger partial charge < -0.3 is 19.3 Å². The highest BCUT2D eigenvalue weighted by atomic mass is 32.2. The fourth-order valence-electron chi connectivity index (χ4n) is 7.09. The van der Waals surface area contributed by atoms with Crippen LogP contribution in [0.5, 0.6) is 0 Å². The first-order valence-electron chi connectivity index (χ1n) is 20.7. The number of carbonyl (C=O) groups excluding carboxylic acids is 1. The molecule has 5 rings (SSSR count). The number of anilines is 2. The number of ether oxygens (including phenoxy) is 3. The van der Waals surface area contributed by atoms with E-state index in [1.54, 1.807) is 60.6 Å². The molecule has 0 amide bonds. The van der Waals surface area contributed by atoms with Gasteiger partial charge >= 0.3 is 5.97 Å². The number of halogens is 2. The van der Waals surface area contributed by atoms with Crippen LogP contribution in [-0.2, 0) is 39.1 Å². The predicted octanol–water partition coefficient (Wildman–Crippen LogP) is 7.68. The lowest BCUT2D eigenvalue weighted by molar-refractivity contribution is -0.290. The lowest BCUT2D eigenvalue weighted by Crippen LogP contribution is -2.45. The number of carbonyl (C=O) groups is 1. The summed E-state index contributed by atoms with van der Waals surface area (Å²) in [4.78, 5) is 31.2. The molecule has 15 nitrogen and oxygen atoms in total. The zero-order valence-corrected chi connectivity index (χ0v) is 39.9. The fraction of sp³-hybridized carbons (Fsp3) is 0.489. The SMILES string of the molecule is CC(C)c1nc(N(C)S(=O)(=O)CC(O)c2c(-c3ccc(F)cc3)nc(N(C)S(C)(=O)=O)nc2C(C)C)nc(-c2ccc(F)cc2)c1/C=C/[C@@H]1C[C@H](CC(=O)OC(C)(C)C)OC(C)(C)O1. The summed E-state index contributed by atoms with van der Waals surface area (Å²) < 4.78 is 102. The minimum absolute atomic E-state index is 0.00494. The summed E-state index contributed by atoms with van der Waals surface area (Å²) in [5.41, 5.74) is 1.48. The van der Waals surface area contributed by atoms with Crippen molar-refractivity contribution in [1.82, 2.24) is 19.9 Å². The largest absolute Gasteiger partial charge is 0.460 e. The molecule has 3 heterocycles. The van der Waals surface area contributed by atoms with Gasteiger partial charge in [0.2, 0.25) is 31.9 Å². The van der Waals surface area contributed by atoms with E-state index >= 15 is 0 Å². The van der Waals surface area contributed by atoms with Crippen molar-refractivity contribution in [3.63, 3.8) is 0 Å². The lowest BCUT2D eigenvalue weighted by atomic mass is 9.95. The Bertz CT molecular complexity index is 2580. The van der Waals surface area contributed by atoms with Gasteiger partial charge in [-0.2, -0.15) is 0 Å². The van der Waals surface area contributed by atoms with Crippen molar-refractivity contribution < 1.29 is 49.7 Å². The molecule has 1 aliphatic heterocycles. The Labute approximate surface area is 375 Å². The highest BCUT2D eigenvalue weighted by molar-refractivity contribution is 7.92. The third kappa shape index (κ3) is 12.4. The first kappa shape index (κ1) is 50.1. The summed E-state index contributed by atoms with van der Waals surface area (Å²) in [6.45, 7) is 16.1. The molecule has 1 N–H and O–H groups in total. The summed E-state index contributed by atoms with van der Waals surface area (Å²) >= 11 is 0. The quantitative estimate of drug-likeness (QED) is 0.114. The monoisotopic (exact) mass is 928 g/mol. The maximum Gasteiger partial charge on any atom is 0.308 e. The van der Waals surface area contributed by atoms with Gasteiger partial charge in [-0.1, -0.05) is 39.8 Å². The minimum Gasteiger partial charge on any atom is -0.460 e. The average molecular weight is 929 g/mol. The molecule has 3 atom stereocenters. The van der Waals surface area contributed by atoms with Crippen LogP contribution in [0.4, 0.5) is 20.7 Å². The second-order valence-corrected chi connectivity index (χ2v) is 21.9. The van der Waals surface area contributed by atoms with Crippen LogP contribution < -0.4 is 8.61 Å². The highest BCUT2D eigenvalue weighted by Crippen LogP contribution is 2.38. The van der Waals surface area contributed by atoms with Crippen molar-refractivity contribution in [2.45, 2.75) is 117 Å². The molecular weight excluding hydrogens is 871 g/mol. The molecule has 19 heteroatoms. The van der Waals surface area contributed by atoms with Gasteiger partial charge in [0.05, 0.1) is 59.5 Å². The first-order valence-corrected chi connectivity index (χ1v) is 24.2. The van der Waals surface area contributed by atoms with Crippen molar-refractivity contribution in [1.29, 1.82) is 0 Å². The molecule has 0 radical (unpaired) electrons.